The molecule has 0 radical (unpaired) electrons. The summed E-state index contributed by atoms with van der Waals surface area (Å²) in [4.78, 5) is 34.6. The van der Waals surface area contributed by atoms with Gasteiger partial charge in [-0.3, -0.25) is 0 Å². The Kier molecular flexibility index (Phi) is 3.91. The van der Waals surface area contributed by atoms with Crippen molar-refractivity contribution in [3.63, 3.8) is 0 Å². The molecular weight excluding hydrogens is 543 g/mol. The Hall–Kier alpha value is -2.48. The number of carbonyl (C=O) groups excluding carboxylic acids is 2. The first-order chi connectivity index (χ1) is 14.2. The van der Waals surface area contributed by atoms with Gasteiger partial charge in [0, 0.05) is 0 Å². The molecule has 138 valence electrons. The van der Waals surface area contributed by atoms with Crippen LogP contribution in [0.3, 0.4) is 0 Å². The molecule has 6 heteroatoms. The van der Waals surface area contributed by atoms with Crippen LogP contribution in [0.25, 0.3) is 31.6 Å². The van der Waals surface area contributed by atoms with Gasteiger partial charge in [-0.2, -0.15) is 0 Å². The van der Waals surface area contributed by atoms with Gasteiger partial charge in [0.25, 0.3) is 0 Å². The van der Waals surface area contributed by atoms with Crippen LogP contribution in [0.15, 0.2) is 70.3 Å². The molecule has 1 aliphatic rings. The van der Waals surface area contributed by atoms with Crippen molar-refractivity contribution in [3.8, 4) is 3.70 Å². The normalized spacial score (nSPS) is 13.6. The van der Waals surface area contributed by atoms with Crippen molar-refractivity contribution in [2.75, 3.05) is 0 Å². The van der Waals surface area contributed by atoms with Gasteiger partial charge in [-0.05, 0) is 0 Å². The molecule has 1 aliphatic carbocycles. The number of fused-ring (bicyclic) bond motifs is 3. The fourth-order valence-electron chi connectivity index (χ4n) is 3.75. The number of Topliss-reactive ketones (excluding diaryl/α,β-unsaturated/α-hetero) is 2. The number of allylic oxidation sites excluding steroid dienone is 1. The maximum absolute atomic E-state index is 12.9. The van der Waals surface area contributed by atoms with Crippen molar-refractivity contribution in [1.29, 1.82) is 0 Å². The Balaban J connectivity index is 1.41. The predicted molar refractivity (Wildman–Crippen MR) is 116 cm³/mol. The van der Waals surface area contributed by atoms with Crippen LogP contribution < -0.4 is 0 Å². The number of pyridine rings is 1. The zero-order chi connectivity index (χ0) is 19.5. The molecule has 0 atom stereocenters. The topological polar surface area (TPSA) is 52.0 Å². The Morgan fingerprint density at radius 2 is 1.69 bits per heavy atom. The van der Waals surface area contributed by atoms with E-state index in [-0.39, 0.29) is 11.6 Å². The second-order valence-electron chi connectivity index (χ2n) is 6.89. The quantitative estimate of drug-likeness (QED) is 0.190. The van der Waals surface area contributed by atoms with Gasteiger partial charge < -0.3 is 0 Å². The van der Waals surface area contributed by atoms with E-state index in [0.717, 1.165) is 25.4 Å². The number of rotatable bonds is 2. The van der Waals surface area contributed by atoms with E-state index in [2.05, 4.69) is 31.6 Å². The molecule has 0 amide bonds. The number of hydrogen-bond donors (Lipinski definition) is 0. The molecule has 0 saturated heterocycles. The van der Waals surface area contributed by atoms with Gasteiger partial charge >= 0.3 is 182 Å². The third kappa shape index (κ3) is 2.68. The standard InChI is InChI=1S/C23H12N2O2SeTe/c26-21-17-8-14-11-28-12-15(14)9-18(17)22(27)19(21)10-16-3-4-20(29-16)25-7-5-13-2-1-6-24-23(13)25/h1-12H. The van der Waals surface area contributed by atoms with E-state index in [1.54, 1.807) is 6.20 Å². The van der Waals surface area contributed by atoms with Crippen LogP contribution in [-0.2, 0) is 0 Å². The summed E-state index contributed by atoms with van der Waals surface area (Å²) in [5.74, 6) is -0.286. The van der Waals surface area contributed by atoms with Crippen LogP contribution >= 0.6 is 0 Å². The van der Waals surface area contributed by atoms with Crippen LogP contribution in [0, 0.1) is 0 Å². The number of aromatic nitrogens is 2. The SMILES string of the molecule is O=C1C(=Cc2ccc(-n3ccc4cccnc43)[te]2)C(=O)c2cc3c[se]cc3cc21. The zero-order valence-corrected chi connectivity index (χ0v) is 19.0. The minimum absolute atomic E-state index is 0.143. The molecule has 0 fully saturated rings. The van der Waals surface area contributed by atoms with E-state index >= 15 is 0 Å². The van der Waals surface area contributed by atoms with Crippen molar-refractivity contribution in [3.05, 3.63) is 85.0 Å². The Morgan fingerprint density at radius 3 is 2.45 bits per heavy atom. The molecule has 0 saturated carbocycles. The molecule has 4 aromatic heterocycles. The third-order valence-corrected chi connectivity index (χ3v) is 9.76. The number of hydrogen-bond acceptors (Lipinski definition) is 3. The second-order valence-corrected chi connectivity index (χ2v) is 11.6. The molecule has 29 heavy (non-hydrogen) atoms. The monoisotopic (exact) mass is 558 g/mol. The summed E-state index contributed by atoms with van der Waals surface area (Å²) in [5, 5.41) is 3.26. The second kappa shape index (κ2) is 6.52. The third-order valence-electron chi connectivity index (χ3n) is 5.18. The summed E-state index contributed by atoms with van der Waals surface area (Å²) < 4.78 is 4.41. The molecule has 0 spiro atoms. The molecule has 1 aromatic carbocycles. The molecule has 0 N–H and O–H groups in total. The fraction of sp³-hybridized carbons (Fsp3) is 0. The molecule has 0 aliphatic heterocycles. The molecular formula is C23H12N2O2SeTe. The van der Waals surface area contributed by atoms with Gasteiger partial charge in [-0.15, -0.1) is 0 Å². The summed E-state index contributed by atoms with van der Waals surface area (Å²) in [6.07, 6.45) is 5.65. The zero-order valence-electron chi connectivity index (χ0n) is 15.0. The van der Waals surface area contributed by atoms with E-state index in [0.29, 0.717) is 31.2 Å². The minimum atomic E-state index is -0.711. The first-order valence-electron chi connectivity index (χ1n) is 9.02. The average Bonchev–Trinajstić information content (AvgIpc) is 3.50. The Labute approximate surface area is 181 Å². The van der Waals surface area contributed by atoms with Crippen LogP contribution in [0.4, 0.5) is 0 Å². The van der Waals surface area contributed by atoms with Crippen molar-refractivity contribution < 1.29 is 9.59 Å². The molecule has 4 nitrogen and oxygen atoms in total. The van der Waals surface area contributed by atoms with Crippen molar-refractivity contribution in [2.45, 2.75) is 0 Å². The Morgan fingerprint density at radius 1 is 0.931 bits per heavy atom. The number of benzene rings is 1. The molecule has 0 bridgehead atoms. The summed E-state index contributed by atoms with van der Waals surface area (Å²) in [6.45, 7) is 0. The molecule has 6 rings (SSSR count). The number of ketones is 2. The average molecular weight is 555 g/mol. The van der Waals surface area contributed by atoms with E-state index < -0.39 is 20.4 Å². The van der Waals surface area contributed by atoms with Crippen molar-refractivity contribution in [2.24, 2.45) is 0 Å². The molecule has 5 aromatic rings. The number of nitrogens with zero attached hydrogens (tertiary/aromatic N) is 2. The van der Waals surface area contributed by atoms with Crippen molar-refractivity contribution in [1.82, 2.24) is 9.55 Å². The maximum atomic E-state index is 12.9. The summed E-state index contributed by atoms with van der Waals surface area (Å²) >= 11 is -0.390. The van der Waals surface area contributed by atoms with Gasteiger partial charge in [0.2, 0.25) is 0 Å². The summed E-state index contributed by atoms with van der Waals surface area (Å²) in [7, 11) is 0. The summed E-state index contributed by atoms with van der Waals surface area (Å²) in [6, 6.07) is 13.9. The van der Waals surface area contributed by atoms with Gasteiger partial charge in [-0.1, -0.05) is 0 Å². The van der Waals surface area contributed by atoms with Crippen molar-refractivity contribution >= 4 is 74.4 Å². The van der Waals surface area contributed by atoms with Gasteiger partial charge in [0.15, 0.2) is 0 Å². The first-order valence-corrected chi connectivity index (χ1v) is 13.3. The van der Waals surface area contributed by atoms with E-state index in [9.17, 15) is 9.59 Å². The molecule has 4 heterocycles. The van der Waals surface area contributed by atoms with E-state index in [1.165, 1.54) is 3.70 Å². The van der Waals surface area contributed by atoms with Gasteiger partial charge in [0.05, 0.1) is 0 Å². The fourth-order valence-corrected chi connectivity index (χ4v) is 8.04. The van der Waals surface area contributed by atoms with Crippen LogP contribution in [0.5, 0.6) is 0 Å². The predicted octanol–water partition coefficient (Wildman–Crippen LogP) is 3.76. The van der Waals surface area contributed by atoms with Gasteiger partial charge in [-0.25, -0.2) is 0 Å². The Bertz CT molecular complexity index is 1450. The van der Waals surface area contributed by atoms with E-state index in [4.69, 9.17) is 0 Å². The van der Waals surface area contributed by atoms with Gasteiger partial charge in [0.1, 0.15) is 0 Å². The van der Waals surface area contributed by atoms with E-state index in [1.807, 2.05) is 42.6 Å². The molecule has 0 unspecified atom stereocenters. The first kappa shape index (κ1) is 17.4. The van der Waals surface area contributed by atoms with Crippen LogP contribution in [-0.4, -0.2) is 56.1 Å². The van der Waals surface area contributed by atoms with Crippen LogP contribution in [0.1, 0.15) is 24.3 Å². The summed E-state index contributed by atoms with van der Waals surface area (Å²) in [5.41, 5.74) is 2.34. The number of carbonyl (C=O) groups is 2. The van der Waals surface area contributed by atoms with Crippen LogP contribution in [0.2, 0.25) is 0 Å².